The first-order chi connectivity index (χ1) is 31.5. The predicted octanol–water partition coefficient (Wildman–Crippen LogP) is 16.4. The van der Waals surface area contributed by atoms with Crippen molar-refractivity contribution in [2.24, 2.45) is 0 Å². The second-order valence-corrected chi connectivity index (χ2v) is 19.6. The Bertz CT molecular complexity index is 1010. The maximum atomic E-state index is 12.6. The summed E-state index contributed by atoms with van der Waals surface area (Å²) in [5.74, 6) is -0.600. The van der Waals surface area contributed by atoms with Crippen molar-refractivity contribution in [1.29, 1.82) is 0 Å². The van der Waals surface area contributed by atoms with Gasteiger partial charge in [-0.1, -0.05) is 256 Å². The fraction of sp³-hybridized carbons (Fsp3) is 0.879. The van der Waals surface area contributed by atoms with Gasteiger partial charge in [-0.3, -0.25) is 4.79 Å². The third-order valence-corrected chi connectivity index (χ3v) is 13.3. The Balaban J connectivity index is 3.68. The molecule has 5 N–H and O–H groups in total. The van der Waals surface area contributed by atoms with E-state index in [1.165, 1.54) is 212 Å². The molecular formula is C58H111NO5. The first-order valence-corrected chi connectivity index (χ1v) is 28.4. The summed E-state index contributed by atoms with van der Waals surface area (Å²) in [6, 6.07) is -1.01. The molecule has 0 radical (unpaired) electrons. The molecule has 6 nitrogen and oxygen atoms in total. The lowest BCUT2D eigenvalue weighted by molar-refractivity contribution is -0.132. The lowest BCUT2D eigenvalue weighted by Gasteiger charge is -2.27. The highest BCUT2D eigenvalue weighted by atomic mass is 16.3. The van der Waals surface area contributed by atoms with Crippen LogP contribution in [-0.2, 0) is 4.79 Å². The Morgan fingerprint density at radius 1 is 0.375 bits per heavy atom. The van der Waals surface area contributed by atoms with Crippen LogP contribution in [0.2, 0.25) is 0 Å². The van der Waals surface area contributed by atoms with Crippen molar-refractivity contribution in [3.05, 3.63) is 36.5 Å². The van der Waals surface area contributed by atoms with E-state index < -0.39 is 36.9 Å². The van der Waals surface area contributed by atoms with Crippen LogP contribution in [0.4, 0.5) is 0 Å². The number of unbranched alkanes of at least 4 members (excludes halogenated alkanes) is 37. The van der Waals surface area contributed by atoms with Gasteiger partial charge in [0.05, 0.1) is 18.8 Å². The SMILES string of the molecule is CCCCCCCCCCC/C=C\CCCCCCCCC(O)C(=O)NC(CO)C(O)C(O)CCC/C=C/CC/C=C/CCCCCCCCCCCCCCCCCCCCCC. The monoisotopic (exact) mass is 902 g/mol. The molecule has 0 rings (SSSR count). The summed E-state index contributed by atoms with van der Waals surface area (Å²) >= 11 is 0. The van der Waals surface area contributed by atoms with Crippen molar-refractivity contribution in [3.63, 3.8) is 0 Å². The zero-order valence-corrected chi connectivity index (χ0v) is 42.8. The lowest BCUT2D eigenvalue weighted by Crippen LogP contribution is -2.53. The molecule has 0 fully saturated rings. The number of amides is 1. The van der Waals surface area contributed by atoms with Crippen molar-refractivity contribution in [1.82, 2.24) is 5.32 Å². The molecule has 0 heterocycles. The van der Waals surface area contributed by atoms with Gasteiger partial charge in [0, 0.05) is 0 Å². The van der Waals surface area contributed by atoms with Gasteiger partial charge in [-0.25, -0.2) is 0 Å². The van der Waals surface area contributed by atoms with E-state index in [0.717, 1.165) is 51.4 Å². The molecule has 0 bridgehead atoms. The molecule has 4 unspecified atom stereocenters. The molecular weight excluding hydrogens is 791 g/mol. The van der Waals surface area contributed by atoms with Gasteiger partial charge in [0.25, 0.3) is 0 Å². The number of aliphatic hydroxyl groups excluding tert-OH is 4. The van der Waals surface area contributed by atoms with E-state index in [2.05, 4.69) is 55.6 Å². The van der Waals surface area contributed by atoms with E-state index in [4.69, 9.17) is 0 Å². The van der Waals surface area contributed by atoms with E-state index in [1.54, 1.807) is 0 Å². The normalized spacial score (nSPS) is 14.0. The Morgan fingerprint density at radius 3 is 0.984 bits per heavy atom. The molecule has 0 aromatic carbocycles. The molecule has 0 saturated heterocycles. The van der Waals surface area contributed by atoms with Crippen LogP contribution in [0.25, 0.3) is 0 Å². The molecule has 0 aromatic rings. The van der Waals surface area contributed by atoms with Crippen LogP contribution in [0.1, 0.15) is 296 Å². The largest absolute Gasteiger partial charge is 0.394 e. The van der Waals surface area contributed by atoms with E-state index in [9.17, 15) is 25.2 Å². The fourth-order valence-corrected chi connectivity index (χ4v) is 8.83. The smallest absolute Gasteiger partial charge is 0.249 e. The molecule has 4 atom stereocenters. The molecule has 378 valence electrons. The van der Waals surface area contributed by atoms with Crippen LogP contribution in [0.15, 0.2) is 36.5 Å². The molecule has 0 aliphatic heterocycles. The van der Waals surface area contributed by atoms with Crippen molar-refractivity contribution in [2.75, 3.05) is 6.61 Å². The molecule has 6 heteroatoms. The highest BCUT2D eigenvalue weighted by Crippen LogP contribution is 2.17. The summed E-state index contributed by atoms with van der Waals surface area (Å²) in [6.07, 6.45) is 65.1. The number of aliphatic hydroxyl groups is 4. The van der Waals surface area contributed by atoms with Gasteiger partial charge in [-0.05, 0) is 77.0 Å². The molecule has 0 spiro atoms. The summed E-state index contributed by atoms with van der Waals surface area (Å²) in [7, 11) is 0. The van der Waals surface area contributed by atoms with Crippen molar-refractivity contribution in [3.8, 4) is 0 Å². The van der Waals surface area contributed by atoms with Crippen LogP contribution in [0.5, 0.6) is 0 Å². The first-order valence-electron chi connectivity index (χ1n) is 28.4. The molecule has 0 aliphatic rings. The van der Waals surface area contributed by atoms with Crippen LogP contribution >= 0.6 is 0 Å². The predicted molar refractivity (Wildman–Crippen MR) is 279 cm³/mol. The average Bonchev–Trinajstić information content (AvgIpc) is 3.30. The second-order valence-electron chi connectivity index (χ2n) is 19.6. The summed E-state index contributed by atoms with van der Waals surface area (Å²) < 4.78 is 0. The molecule has 0 aromatic heterocycles. The van der Waals surface area contributed by atoms with Crippen molar-refractivity contribution < 1.29 is 25.2 Å². The number of carbonyl (C=O) groups is 1. The van der Waals surface area contributed by atoms with E-state index in [1.807, 2.05) is 0 Å². The topological polar surface area (TPSA) is 110 Å². The minimum atomic E-state index is -1.29. The molecule has 0 aliphatic carbocycles. The van der Waals surface area contributed by atoms with Crippen LogP contribution in [0, 0.1) is 0 Å². The zero-order valence-electron chi connectivity index (χ0n) is 42.8. The first kappa shape index (κ1) is 62.5. The third-order valence-electron chi connectivity index (χ3n) is 13.3. The summed E-state index contributed by atoms with van der Waals surface area (Å²) in [5, 5.41) is 43.9. The van der Waals surface area contributed by atoms with E-state index in [-0.39, 0.29) is 0 Å². The number of nitrogens with one attached hydrogen (secondary N) is 1. The van der Waals surface area contributed by atoms with Gasteiger partial charge in [0.2, 0.25) is 5.91 Å². The highest BCUT2D eigenvalue weighted by molar-refractivity contribution is 5.80. The number of carbonyl (C=O) groups excluding carboxylic acids is 1. The van der Waals surface area contributed by atoms with Crippen LogP contribution in [0.3, 0.4) is 0 Å². The fourth-order valence-electron chi connectivity index (χ4n) is 8.83. The van der Waals surface area contributed by atoms with Crippen LogP contribution in [-0.4, -0.2) is 57.3 Å². The van der Waals surface area contributed by atoms with Gasteiger partial charge in [-0.15, -0.1) is 0 Å². The summed E-state index contributed by atoms with van der Waals surface area (Å²) in [4.78, 5) is 12.6. The Labute approximate surface area is 398 Å². The highest BCUT2D eigenvalue weighted by Gasteiger charge is 2.28. The van der Waals surface area contributed by atoms with Gasteiger partial charge in [-0.2, -0.15) is 0 Å². The maximum Gasteiger partial charge on any atom is 0.249 e. The molecule has 0 saturated carbocycles. The van der Waals surface area contributed by atoms with Gasteiger partial charge in [0.15, 0.2) is 0 Å². The van der Waals surface area contributed by atoms with Gasteiger partial charge in [0.1, 0.15) is 12.2 Å². The average molecular weight is 903 g/mol. The Kier molecular flexibility index (Phi) is 51.3. The third kappa shape index (κ3) is 45.7. The summed E-state index contributed by atoms with van der Waals surface area (Å²) in [5.41, 5.74) is 0. The van der Waals surface area contributed by atoms with Crippen molar-refractivity contribution >= 4 is 5.91 Å². The van der Waals surface area contributed by atoms with E-state index in [0.29, 0.717) is 19.3 Å². The van der Waals surface area contributed by atoms with Crippen molar-refractivity contribution in [2.45, 2.75) is 321 Å². The van der Waals surface area contributed by atoms with Gasteiger partial charge >= 0.3 is 0 Å². The summed E-state index contributed by atoms with van der Waals surface area (Å²) in [6.45, 7) is 4.06. The number of hydrogen-bond acceptors (Lipinski definition) is 5. The number of hydrogen-bond donors (Lipinski definition) is 5. The van der Waals surface area contributed by atoms with Gasteiger partial charge < -0.3 is 25.7 Å². The molecule has 64 heavy (non-hydrogen) atoms. The van der Waals surface area contributed by atoms with E-state index >= 15 is 0 Å². The number of rotatable bonds is 52. The number of allylic oxidation sites excluding steroid dienone is 6. The quantitative estimate of drug-likeness (QED) is 0.0309. The lowest BCUT2D eigenvalue weighted by atomic mass is 10.00. The zero-order chi connectivity index (χ0) is 46.7. The molecule has 1 amide bonds. The maximum absolute atomic E-state index is 12.6. The standard InChI is InChI=1S/C58H111NO5/c1-3-5-7-9-11-13-15-17-19-21-23-24-25-26-27-28-29-30-31-32-34-35-37-39-41-43-45-47-49-51-55(61)57(63)54(53-60)59-58(64)56(62)52-50-48-46-44-42-40-38-36-33-22-20-18-16-14-12-10-8-6-4-2/h33,35-37,43,45,54-57,60-63H,3-32,34,38-42,44,46-53H2,1-2H3,(H,59,64)/b36-33-,37-35+,45-43+. The minimum absolute atomic E-state index is 0.353. The Morgan fingerprint density at radius 2 is 0.656 bits per heavy atom. The minimum Gasteiger partial charge on any atom is -0.394 e. The van der Waals surface area contributed by atoms with Crippen LogP contribution < -0.4 is 5.32 Å². The second kappa shape index (κ2) is 52.5. The Hall–Kier alpha value is -1.47.